The van der Waals surface area contributed by atoms with Gasteiger partial charge in [-0.15, -0.1) is 0 Å². The molecule has 1 atom stereocenters. The Morgan fingerprint density at radius 1 is 1.42 bits per heavy atom. The maximum absolute atomic E-state index is 10.6. The molecular weight excluding hydrogens is 242 g/mol. The van der Waals surface area contributed by atoms with Crippen molar-refractivity contribution < 1.29 is 9.53 Å². The van der Waals surface area contributed by atoms with Gasteiger partial charge in [-0.3, -0.25) is 4.79 Å². The Morgan fingerprint density at radius 3 is 2.84 bits per heavy atom. The van der Waals surface area contributed by atoms with Gasteiger partial charge in [0.1, 0.15) is 5.75 Å². The van der Waals surface area contributed by atoms with E-state index < -0.39 is 0 Å². The van der Waals surface area contributed by atoms with Crippen molar-refractivity contribution >= 4 is 11.6 Å². The number of hydrogen-bond donors (Lipinski definition) is 3. The molecule has 0 spiro atoms. The van der Waals surface area contributed by atoms with Crippen LogP contribution in [-0.4, -0.2) is 31.6 Å². The Bertz CT molecular complexity index is 400. The number of primary amides is 1. The summed E-state index contributed by atoms with van der Waals surface area (Å²) in [4.78, 5) is 10.6. The topological polar surface area (TPSA) is 76.4 Å². The quantitative estimate of drug-likeness (QED) is 0.718. The van der Waals surface area contributed by atoms with Crippen LogP contribution in [0.25, 0.3) is 0 Å². The van der Waals surface area contributed by atoms with Crippen LogP contribution in [0.15, 0.2) is 24.3 Å². The number of hydrogen-bond acceptors (Lipinski definition) is 4. The molecule has 5 nitrogen and oxygen atoms in total. The van der Waals surface area contributed by atoms with E-state index in [2.05, 4.69) is 10.6 Å². The number of benzene rings is 1. The van der Waals surface area contributed by atoms with Gasteiger partial charge in [-0.1, -0.05) is 0 Å². The zero-order valence-corrected chi connectivity index (χ0v) is 11.0. The number of carbonyl (C=O) groups is 1. The van der Waals surface area contributed by atoms with Crippen molar-refractivity contribution in [1.82, 2.24) is 5.32 Å². The average molecular weight is 263 g/mol. The minimum absolute atomic E-state index is 0.244. The minimum atomic E-state index is -0.344. The lowest BCUT2D eigenvalue weighted by molar-refractivity contribution is -0.118. The lowest BCUT2D eigenvalue weighted by Crippen LogP contribution is -2.38. The van der Waals surface area contributed by atoms with Gasteiger partial charge in [-0.2, -0.15) is 0 Å². The van der Waals surface area contributed by atoms with E-state index in [1.165, 1.54) is 12.8 Å². The predicted octanol–water partition coefficient (Wildman–Crippen LogP) is 1.10. The average Bonchev–Trinajstić information content (AvgIpc) is 2.42. The SMILES string of the molecule is NC(=O)CCOc1ccc(NC2CCCNC2)cc1. The summed E-state index contributed by atoms with van der Waals surface area (Å²) in [7, 11) is 0. The summed E-state index contributed by atoms with van der Waals surface area (Å²) in [5.74, 6) is 0.414. The second kappa shape index (κ2) is 6.99. The summed E-state index contributed by atoms with van der Waals surface area (Å²) in [5.41, 5.74) is 6.14. The Morgan fingerprint density at radius 2 is 2.21 bits per heavy atom. The number of rotatable bonds is 6. The van der Waals surface area contributed by atoms with Crippen molar-refractivity contribution in [3.63, 3.8) is 0 Å². The van der Waals surface area contributed by atoms with E-state index in [0.29, 0.717) is 12.6 Å². The highest BCUT2D eigenvalue weighted by molar-refractivity contribution is 5.73. The third-order valence-electron chi connectivity index (χ3n) is 3.14. The zero-order chi connectivity index (χ0) is 13.5. The number of nitrogens with two attached hydrogens (primary N) is 1. The van der Waals surface area contributed by atoms with Crippen LogP contribution in [0.2, 0.25) is 0 Å². The fourth-order valence-electron chi connectivity index (χ4n) is 2.13. The van der Waals surface area contributed by atoms with Crippen molar-refractivity contribution in [3.8, 4) is 5.75 Å². The standard InChI is InChI=1S/C14H21N3O2/c15-14(18)7-9-19-13-5-3-11(4-6-13)17-12-2-1-8-16-10-12/h3-6,12,16-17H,1-2,7-10H2,(H2,15,18). The molecular formula is C14H21N3O2. The Balaban J connectivity index is 1.78. The lowest BCUT2D eigenvalue weighted by atomic mass is 10.1. The van der Waals surface area contributed by atoms with Gasteiger partial charge in [0, 0.05) is 18.3 Å². The zero-order valence-electron chi connectivity index (χ0n) is 11.0. The summed E-state index contributed by atoms with van der Waals surface area (Å²) in [6.07, 6.45) is 2.66. The molecule has 0 aliphatic carbocycles. The number of nitrogens with one attached hydrogen (secondary N) is 2. The summed E-state index contributed by atoms with van der Waals surface area (Å²) in [6.45, 7) is 2.45. The molecule has 1 aromatic carbocycles. The molecule has 1 aromatic rings. The normalized spacial score (nSPS) is 18.8. The van der Waals surface area contributed by atoms with Crippen LogP contribution in [0.4, 0.5) is 5.69 Å². The van der Waals surface area contributed by atoms with Gasteiger partial charge in [-0.05, 0) is 43.7 Å². The number of anilines is 1. The van der Waals surface area contributed by atoms with Gasteiger partial charge in [0.05, 0.1) is 13.0 Å². The van der Waals surface area contributed by atoms with Crippen LogP contribution in [0.5, 0.6) is 5.75 Å². The van der Waals surface area contributed by atoms with Gasteiger partial charge in [-0.25, -0.2) is 0 Å². The molecule has 5 heteroatoms. The molecule has 1 aliphatic rings. The summed E-state index contributed by atoms with van der Waals surface area (Å²) in [5, 5.41) is 6.86. The third kappa shape index (κ3) is 4.79. The highest BCUT2D eigenvalue weighted by Gasteiger charge is 2.12. The summed E-state index contributed by atoms with van der Waals surface area (Å²) < 4.78 is 5.42. The van der Waals surface area contributed by atoms with E-state index in [1.54, 1.807) is 0 Å². The molecule has 0 aromatic heterocycles. The van der Waals surface area contributed by atoms with Crippen LogP contribution in [0, 0.1) is 0 Å². The lowest BCUT2D eigenvalue weighted by Gasteiger charge is -2.24. The second-order valence-corrected chi connectivity index (χ2v) is 4.78. The highest BCUT2D eigenvalue weighted by atomic mass is 16.5. The second-order valence-electron chi connectivity index (χ2n) is 4.78. The van der Waals surface area contributed by atoms with Crippen LogP contribution in [0.1, 0.15) is 19.3 Å². The predicted molar refractivity (Wildman–Crippen MR) is 75.3 cm³/mol. The number of piperidine rings is 1. The van der Waals surface area contributed by atoms with E-state index in [1.807, 2.05) is 24.3 Å². The minimum Gasteiger partial charge on any atom is -0.493 e. The van der Waals surface area contributed by atoms with Crippen LogP contribution in [0.3, 0.4) is 0 Å². The van der Waals surface area contributed by atoms with Gasteiger partial charge in [0.2, 0.25) is 5.91 Å². The molecule has 0 saturated carbocycles. The number of ether oxygens (including phenoxy) is 1. The fraction of sp³-hybridized carbons (Fsp3) is 0.500. The van der Waals surface area contributed by atoms with Gasteiger partial charge >= 0.3 is 0 Å². The molecule has 1 amide bonds. The van der Waals surface area contributed by atoms with Crippen LogP contribution < -0.4 is 21.1 Å². The maximum Gasteiger partial charge on any atom is 0.220 e. The van der Waals surface area contributed by atoms with E-state index in [9.17, 15) is 4.79 Å². The first-order valence-corrected chi connectivity index (χ1v) is 6.72. The number of carbonyl (C=O) groups excluding carboxylic acids is 1. The van der Waals surface area contributed by atoms with Crippen LogP contribution >= 0.6 is 0 Å². The molecule has 1 fully saturated rings. The van der Waals surface area contributed by atoms with Crippen molar-refractivity contribution in [2.75, 3.05) is 25.0 Å². The molecule has 1 unspecified atom stereocenters. The summed E-state index contributed by atoms with van der Waals surface area (Å²) in [6, 6.07) is 8.29. The first-order chi connectivity index (χ1) is 9.24. The molecule has 1 heterocycles. The Hall–Kier alpha value is -1.75. The first kappa shape index (κ1) is 13.7. The molecule has 2 rings (SSSR count). The number of amides is 1. The molecule has 1 saturated heterocycles. The molecule has 0 radical (unpaired) electrons. The van der Waals surface area contributed by atoms with Crippen molar-refractivity contribution in [2.24, 2.45) is 5.73 Å². The molecule has 19 heavy (non-hydrogen) atoms. The molecule has 1 aliphatic heterocycles. The van der Waals surface area contributed by atoms with Gasteiger partial charge in [0.25, 0.3) is 0 Å². The van der Waals surface area contributed by atoms with Crippen molar-refractivity contribution in [2.45, 2.75) is 25.3 Å². The maximum atomic E-state index is 10.6. The molecule has 0 bridgehead atoms. The highest BCUT2D eigenvalue weighted by Crippen LogP contribution is 2.18. The Labute approximate surface area is 113 Å². The van der Waals surface area contributed by atoms with Crippen LogP contribution in [-0.2, 0) is 4.79 Å². The van der Waals surface area contributed by atoms with Gasteiger partial charge < -0.3 is 21.1 Å². The first-order valence-electron chi connectivity index (χ1n) is 6.72. The molecule has 4 N–H and O–H groups in total. The summed E-state index contributed by atoms with van der Waals surface area (Å²) >= 11 is 0. The third-order valence-corrected chi connectivity index (χ3v) is 3.14. The molecule has 104 valence electrons. The van der Waals surface area contributed by atoms with E-state index >= 15 is 0 Å². The van der Waals surface area contributed by atoms with Gasteiger partial charge in [0.15, 0.2) is 0 Å². The van der Waals surface area contributed by atoms with E-state index in [-0.39, 0.29) is 12.3 Å². The Kier molecular flexibility index (Phi) is 5.03. The van der Waals surface area contributed by atoms with E-state index in [4.69, 9.17) is 10.5 Å². The van der Waals surface area contributed by atoms with Crippen molar-refractivity contribution in [1.29, 1.82) is 0 Å². The fourth-order valence-corrected chi connectivity index (χ4v) is 2.13. The smallest absolute Gasteiger partial charge is 0.220 e. The van der Waals surface area contributed by atoms with Crippen molar-refractivity contribution in [3.05, 3.63) is 24.3 Å². The monoisotopic (exact) mass is 263 g/mol. The van der Waals surface area contributed by atoms with E-state index in [0.717, 1.165) is 24.5 Å². The largest absolute Gasteiger partial charge is 0.493 e.